The maximum absolute atomic E-state index is 5.11. The summed E-state index contributed by atoms with van der Waals surface area (Å²) in [5, 5.41) is 5.12. The molecule has 0 aliphatic heterocycles. The molecule has 0 radical (unpaired) electrons. The summed E-state index contributed by atoms with van der Waals surface area (Å²) < 4.78 is 5.08. The first-order valence-electron chi connectivity index (χ1n) is 18.7. The molecule has 5 heteroatoms. The Hall–Kier alpha value is -6.79. The molecule has 262 valence electrons. The van der Waals surface area contributed by atoms with Crippen molar-refractivity contribution in [3.8, 4) is 67.5 Å². The van der Waals surface area contributed by atoms with Crippen LogP contribution in [0.4, 0.5) is 0 Å². The molecule has 0 spiro atoms. The zero-order valence-corrected chi connectivity index (χ0v) is 31.7. The van der Waals surface area contributed by atoms with Crippen molar-refractivity contribution in [3.05, 3.63) is 188 Å². The molecule has 11 aromatic rings. The zero-order valence-electron chi connectivity index (χ0n) is 30.1. The molecule has 3 nitrogen and oxygen atoms in total. The molecule has 11 rings (SSSR count). The average molecular weight is 750 g/mol. The van der Waals surface area contributed by atoms with Gasteiger partial charge in [-0.3, -0.25) is 0 Å². The highest BCUT2D eigenvalue weighted by Crippen LogP contribution is 2.40. The summed E-state index contributed by atoms with van der Waals surface area (Å²) in [5.74, 6) is 1.95. The van der Waals surface area contributed by atoms with Gasteiger partial charge < -0.3 is 0 Å². The summed E-state index contributed by atoms with van der Waals surface area (Å²) in [5.41, 5.74) is 10.0. The molecule has 0 bridgehead atoms. The monoisotopic (exact) mass is 749 g/mol. The van der Waals surface area contributed by atoms with E-state index in [4.69, 9.17) is 15.0 Å². The Labute approximate surface area is 331 Å². The molecule has 0 amide bonds. The van der Waals surface area contributed by atoms with Crippen LogP contribution in [-0.4, -0.2) is 15.0 Å². The van der Waals surface area contributed by atoms with Gasteiger partial charge in [0.1, 0.15) is 0 Å². The number of fused-ring (bicyclic) bond motifs is 6. The summed E-state index contributed by atoms with van der Waals surface area (Å²) in [7, 11) is 0. The Bertz CT molecular complexity index is 3220. The van der Waals surface area contributed by atoms with Crippen LogP contribution in [0, 0.1) is 0 Å². The van der Waals surface area contributed by atoms with Gasteiger partial charge in [-0.05, 0) is 63.7 Å². The third kappa shape index (κ3) is 5.86. The smallest absolute Gasteiger partial charge is 0.164 e. The molecule has 0 N–H and O–H groups in total. The largest absolute Gasteiger partial charge is 0.208 e. The van der Waals surface area contributed by atoms with Gasteiger partial charge in [-0.1, -0.05) is 158 Å². The second-order valence-corrected chi connectivity index (χ2v) is 16.2. The van der Waals surface area contributed by atoms with Gasteiger partial charge in [0.15, 0.2) is 17.5 Å². The maximum atomic E-state index is 5.11. The average Bonchev–Trinajstić information content (AvgIpc) is 3.84. The van der Waals surface area contributed by atoms with Crippen LogP contribution >= 0.6 is 22.7 Å². The molecule has 0 saturated carbocycles. The highest BCUT2D eigenvalue weighted by molar-refractivity contribution is 7.26. The Morgan fingerprint density at radius 2 is 0.607 bits per heavy atom. The highest BCUT2D eigenvalue weighted by atomic mass is 32.1. The van der Waals surface area contributed by atoms with E-state index in [1.165, 1.54) is 62.6 Å². The molecule has 8 aromatic carbocycles. The number of nitrogens with zero attached hydrogens (tertiary/aromatic N) is 3. The molecular weight excluding hydrogens is 719 g/mol. The second-order valence-electron chi connectivity index (χ2n) is 14.0. The van der Waals surface area contributed by atoms with Gasteiger partial charge in [0.2, 0.25) is 0 Å². The molecular formula is C51H31N3S2. The fourth-order valence-corrected chi connectivity index (χ4v) is 9.92. The van der Waals surface area contributed by atoms with Crippen LogP contribution in [0.5, 0.6) is 0 Å². The minimum atomic E-state index is 0.648. The van der Waals surface area contributed by atoms with Crippen LogP contribution < -0.4 is 0 Å². The van der Waals surface area contributed by atoms with Gasteiger partial charge >= 0.3 is 0 Å². The van der Waals surface area contributed by atoms with Crippen molar-refractivity contribution in [1.82, 2.24) is 15.0 Å². The van der Waals surface area contributed by atoms with Crippen molar-refractivity contribution in [3.63, 3.8) is 0 Å². The molecule has 56 heavy (non-hydrogen) atoms. The van der Waals surface area contributed by atoms with E-state index in [1.807, 2.05) is 17.4 Å². The summed E-state index contributed by atoms with van der Waals surface area (Å²) >= 11 is 3.65. The number of benzene rings is 8. The lowest BCUT2D eigenvalue weighted by Gasteiger charge is -2.10. The summed E-state index contributed by atoms with van der Waals surface area (Å²) in [6.45, 7) is 0. The molecule has 0 aliphatic carbocycles. The Morgan fingerprint density at radius 1 is 0.232 bits per heavy atom. The number of aromatic nitrogens is 3. The Morgan fingerprint density at radius 3 is 1.25 bits per heavy atom. The maximum Gasteiger partial charge on any atom is 0.164 e. The van der Waals surface area contributed by atoms with E-state index in [2.05, 4.69) is 182 Å². The van der Waals surface area contributed by atoms with Gasteiger partial charge in [0.05, 0.1) is 0 Å². The number of rotatable bonds is 6. The predicted octanol–water partition coefficient (Wildman–Crippen LogP) is 14.6. The molecule has 0 saturated heterocycles. The Balaban J connectivity index is 0.967. The van der Waals surface area contributed by atoms with Crippen molar-refractivity contribution < 1.29 is 0 Å². The Kier molecular flexibility index (Phi) is 7.87. The van der Waals surface area contributed by atoms with Crippen LogP contribution in [-0.2, 0) is 0 Å². The van der Waals surface area contributed by atoms with E-state index in [1.54, 1.807) is 11.3 Å². The SMILES string of the molecule is c1ccc(-c2ccc(-c3nc(-c4ccc(-c5ccc6c(c5)sc5ccc(-c7ccccc7)cc56)cc4)nc(-c4ccc5c(c4)sc4ccccc45)n3)cc2)cc1. The first-order valence-corrected chi connectivity index (χ1v) is 20.3. The van der Waals surface area contributed by atoms with E-state index in [-0.39, 0.29) is 0 Å². The van der Waals surface area contributed by atoms with Crippen LogP contribution in [0.15, 0.2) is 188 Å². The van der Waals surface area contributed by atoms with E-state index < -0.39 is 0 Å². The van der Waals surface area contributed by atoms with Crippen LogP contribution in [0.1, 0.15) is 0 Å². The third-order valence-corrected chi connectivity index (χ3v) is 12.8. The fraction of sp³-hybridized carbons (Fsp3) is 0. The van der Waals surface area contributed by atoms with E-state index in [9.17, 15) is 0 Å². The van der Waals surface area contributed by atoms with Gasteiger partial charge in [0.25, 0.3) is 0 Å². The summed E-state index contributed by atoms with van der Waals surface area (Å²) in [4.78, 5) is 15.3. The summed E-state index contributed by atoms with van der Waals surface area (Å²) in [6.07, 6.45) is 0. The van der Waals surface area contributed by atoms with Crippen LogP contribution in [0.3, 0.4) is 0 Å². The molecule has 0 fully saturated rings. The molecule has 3 aromatic heterocycles. The van der Waals surface area contributed by atoms with Crippen molar-refractivity contribution in [1.29, 1.82) is 0 Å². The van der Waals surface area contributed by atoms with Gasteiger partial charge in [-0.25, -0.2) is 15.0 Å². The first-order chi connectivity index (χ1) is 27.7. The highest BCUT2D eigenvalue weighted by Gasteiger charge is 2.15. The summed E-state index contributed by atoms with van der Waals surface area (Å²) in [6, 6.07) is 66.9. The van der Waals surface area contributed by atoms with Crippen molar-refractivity contribution >= 4 is 63.0 Å². The lowest BCUT2D eigenvalue weighted by Crippen LogP contribution is -2.00. The van der Waals surface area contributed by atoms with E-state index in [0.717, 1.165) is 27.8 Å². The minimum absolute atomic E-state index is 0.648. The van der Waals surface area contributed by atoms with E-state index in [0.29, 0.717) is 17.5 Å². The zero-order chi connectivity index (χ0) is 37.0. The molecule has 0 unspecified atom stereocenters. The minimum Gasteiger partial charge on any atom is -0.208 e. The number of hydrogen-bond donors (Lipinski definition) is 0. The molecule has 0 atom stereocenters. The van der Waals surface area contributed by atoms with Crippen molar-refractivity contribution in [2.75, 3.05) is 0 Å². The predicted molar refractivity (Wildman–Crippen MR) is 238 cm³/mol. The lowest BCUT2D eigenvalue weighted by atomic mass is 10.0. The number of hydrogen-bond acceptors (Lipinski definition) is 5. The fourth-order valence-electron chi connectivity index (χ4n) is 7.65. The normalized spacial score (nSPS) is 11.6. The molecule has 3 heterocycles. The van der Waals surface area contributed by atoms with Gasteiger partial charge in [-0.15, -0.1) is 22.7 Å². The molecule has 0 aliphatic rings. The van der Waals surface area contributed by atoms with Crippen LogP contribution in [0.25, 0.3) is 108 Å². The topological polar surface area (TPSA) is 38.7 Å². The number of thiophene rings is 2. The standard InChI is InChI=1S/C51H31N3S2/c1-3-9-32(10-4-1)34-15-19-36(20-16-34)49-52-50(54-51(53-49)40-24-27-42-41-13-7-8-14-45(41)55-48(42)31-40)37-21-17-35(18-22-37)39-23-26-43-44-29-38(33-11-5-2-6-12-33)25-28-46(44)56-47(43)30-39/h1-31H. The van der Waals surface area contributed by atoms with Crippen molar-refractivity contribution in [2.45, 2.75) is 0 Å². The first kappa shape index (κ1) is 32.6. The van der Waals surface area contributed by atoms with Gasteiger partial charge in [0, 0.05) is 57.0 Å². The van der Waals surface area contributed by atoms with Crippen molar-refractivity contribution in [2.24, 2.45) is 0 Å². The van der Waals surface area contributed by atoms with Gasteiger partial charge in [-0.2, -0.15) is 0 Å². The second kappa shape index (κ2) is 13.5. The van der Waals surface area contributed by atoms with Crippen LogP contribution in [0.2, 0.25) is 0 Å². The van der Waals surface area contributed by atoms with E-state index >= 15 is 0 Å². The quantitative estimate of drug-likeness (QED) is 0.170. The third-order valence-electron chi connectivity index (χ3n) is 10.6. The lowest BCUT2D eigenvalue weighted by molar-refractivity contribution is 1.07.